The van der Waals surface area contributed by atoms with Gasteiger partial charge >= 0.3 is 5.63 Å². The van der Waals surface area contributed by atoms with Crippen molar-refractivity contribution in [2.45, 2.75) is 39.8 Å². The molecule has 25 heavy (non-hydrogen) atoms. The molecule has 1 N–H and O–H groups in total. The molecule has 2 aromatic carbocycles. The average Bonchev–Trinajstić information content (AvgIpc) is 2.55. The third-order valence-corrected chi connectivity index (χ3v) is 4.80. The zero-order valence-corrected chi connectivity index (χ0v) is 15.5. The molecule has 0 aliphatic rings. The van der Waals surface area contributed by atoms with Gasteiger partial charge in [0.2, 0.25) is 0 Å². The fourth-order valence-corrected chi connectivity index (χ4v) is 3.34. The van der Waals surface area contributed by atoms with E-state index in [2.05, 4.69) is 32.2 Å². The predicted molar refractivity (Wildman–Crippen MR) is 103 cm³/mol. The largest absolute Gasteiger partial charge is 0.423 e. The standard InChI is InChI=1S/C21H22ClNO2/c1-13(2)17-10-18-16(9-21(24)25-20(18)8-14(17)3)12-23-11-15-6-4-5-7-19(15)22/h4-10,13,23H,11-12H2,1-3H3. The van der Waals surface area contributed by atoms with Gasteiger partial charge in [0.25, 0.3) is 0 Å². The molecule has 130 valence electrons. The Bertz CT molecular complexity index is 960. The van der Waals surface area contributed by atoms with Gasteiger partial charge in [0.05, 0.1) is 0 Å². The van der Waals surface area contributed by atoms with E-state index in [1.54, 1.807) is 6.07 Å². The summed E-state index contributed by atoms with van der Waals surface area (Å²) in [6, 6.07) is 13.4. The summed E-state index contributed by atoms with van der Waals surface area (Å²) < 4.78 is 5.40. The summed E-state index contributed by atoms with van der Waals surface area (Å²) in [6.07, 6.45) is 0. The summed E-state index contributed by atoms with van der Waals surface area (Å²) in [6.45, 7) is 7.61. The highest BCUT2D eigenvalue weighted by Crippen LogP contribution is 2.27. The number of aryl methyl sites for hydroxylation is 1. The van der Waals surface area contributed by atoms with E-state index >= 15 is 0 Å². The van der Waals surface area contributed by atoms with Gasteiger partial charge in [0, 0.05) is 29.6 Å². The topological polar surface area (TPSA) is 42.2 Å². The highest BCUT2D eigenvalue weighted by molar-refractivity contribution is 6.31. The second-order valence-corrected chi connectivity index (χ2v) is 7.05. The van der Waals surface area contributed by atoms with Gasteiger partial charge in [0.1, 0.15) is 5.58 Å². The quantitative estimate of drug-likeness (QED) is 0.642. The lowest BCUT2D eigenvalue weighted by molar-refractivity contribution is 0.556. The van der Waals surface area contributed by atoms with E-state index in [-0.39, 0.29) is 5.63 Å². The second kappa shape index (κ2) is 7.42. The monoisotopic (exact) mass is 355 g/mol. The Morgan fingerprint density at radius 1 is 1.08 bits per heavy atom. The normalized spacial score (nSPS) is 11.4. The first-order valence-electron chi connectivity index (χ1n) is 8.47. The Hall–Kier alpha value is -2.10. The Kier molecular flexibility index (Phi) is 5.26. The molecule has 0 aliphatic heterocycles. The zero-order chi connectivity index (χ0) is 18.0. The molecule has 0 saturated carbocycles. The van der Waals surface area contributed by atoms with Gasteiger partial charge in [-0.2, -0.15) is 0 Å². The van der Waals surface area contributed by atoms with Crippen molar-refractivity contribution in [3.63, 3.8) is 0 Å². The van der Waals surface area contributed by atoms with Crippen LogP contribution in [0.15, 0.2) is 51.7 Å². The molecular weight excluding hydrogens is 334 g/mol. The highest BCUT2D eigenvalue weighted by Gasteiger charge is 2.11. The zero-order valence-electron chi connectivity index (χ0n) is 14.7. The maximum Gasteiger partial charge on any atom is 0.336 e. The summed E-state index contributed by atoms with van der Waals surface area (Å²) in [5.41, 5.74) is 4.72. The van der Waals surface area contributed by atoms with Gasteiger partial charge in [-0.25, -0.2) is 4.79 Å². The fourth-order valence-electron chi connectivity index (χ4n) is 3.13. The van der Waals surface area contributed by atoms with Crippen molar-refractivity contribution in [2.24, 2.45) is 0 Å². The first kappa shape index (κ1) is 17.7. The van der Waals surface area contributed by atoms with E-state index in [0.717, 1.165) is 27.1 Å². The molecule has 0 bridgehead atoms. The van der Waals surface area contributed by atoms with Gasteiger partial charge in [-0.1, -0.05) is 43.6 Å². The summed E-state index contributed by atoms with van der Waals surface area (Å²) in [5, 5.41) is 5.10. The lowest BCUT2D eigenvalue weighted by atomic mass is 9.95. The lowest BCUT2D eigenvalue weighted by Gasteiger charge is -2.13. The maximum atomic E-state index is 11.9. The van der Waals surface area contributed by atoms with Crippen LogP contribution in [0.25, 0.3) is 11.0 Å². The van der Waals surface area contributed by atoms with E-state index in [9.17, 15) is 4.79 Å². The van der Waals surface area contributed by atoms with E-state index in [4.69, 9.17) is 16.0 Å². The van der Waals surface area contributed by atoms with Crippen molar-refractivity contribution in [2.75, 3.05) is 0 Å². The molecule has 1 aromatic heterocycles. The van der Waals surface area contributed by atoms with E-state index < -0.39 is 0 Å². The van der Waals surface area contributed by atoms with E-state index in [1.807, 2.05) is 30.3 Å². The number of benzene rings is 2. The number of fused-ring (bicyclic) bond motifs is 1. The summed E-state index contributed by atoms with van der Waals surface area (Å²) in [4.78, 5) is 11.9. The first-order valence-corrected chi connectivity index (χ1v) is 8.85. The van der Waals surface area contributed by atoms with Gasteiger partial charge in [-0.3, -0.25) is 0 Å². The van der Waals surface area contributed by atoms with Crippen LogP contribution in [0.1, 0.15) is 42.0 Å². The van der Waals surface area contributed by atoms with Crippen molar-refractivity contribution in [1.82, 2.24) is 5.32 Å². The molecule has 0 radical (unpaired) electrons. The number of rotatable bonds is 5. The number of nitrogens with one attached hydrogen (secondary N) is 1. The predicted octanol–water partition coefficient (Wildman–Crippen LogP) is 5.17. The van der Waals surface area contributed by atoms with Gasteiger partial charge in [-0.15, -0.1) is 0 Å². The van der Waals surface area contributed by atoms with Crippen molar-refractivity contribution in [3.05, 3.63) is 80.2 Å². The van der Waals surface area contributed by atoms with Crippen LogP contribution in [0, 0.1) is 6.92 Å². The van der Waals surface area contributed by atoms with Crippen LogP contribution in [0.3, 0.4) is 0 Å². The molecule has 3 aromatic rings. The van der Waals surface area contributed by atoms with Crippen LogP contribution in [-0.4, -0.2) is 0 Å². The van der Waals surface area contributed by atoms with Crippen LogP contribution in [0.2, 0.25) is 5.02 Å². The molecule has 0 amide bonds. The Morgan fingerprint density at radius 3 is 2.52 bits per heavy atom. The fraction of sp³-hybridized carbons (Fsp3) is 0.286. The lowest BCUT2D eigenvalue weighted by Crippen LogP contribution is -2.15. The molecule has 0 saturated heterocycles. The van der Waals surface area contributed by atoms with Crippen LogP contribution < -0.4 is 10.9 Å². The molecule has 4 heteroatoms. The molecule has 0 fully saturated rings. The first-order chi connectivity index (χ1) is 12.0. The highest BCUT2D eigenvalue weighted by atomic mass is 35.5. The Balaban J connectivity index is 1.91. The minimum Gasteiger partial charge on any atom is -0.423 e. The number of hydrogen-bond acceptors (Lipinski definition) is 3. The summed E-state index contributed by atoms with van der Waals surface area (Å²) in [7, 11) is 0. The maximum absolute atomic E-state index is 11.9. The van der Waals surface area contributed by atoms with Gasteiger partial charge < -0.3 is 9.73 Å². The molecule has 0 spiro atoms. The van der Waals surface area contributed by atoms with Crippen LogP contribution in [0.4, 0.5) is 0 Å². The molecule has 1 heterocycles. The van der Waals surface area contributed by atoms with Crippen molar-refractivity contribution in [1.29, 1.82) is 0 Å². The van der Waals surface area contributed by atoms with Crippen LogP contribution >= 0.6 is 11.6 Å². The average molecular weight is 356 g/mol. The second-order valence-electron chi connectivity index (χ2n) is 6.65. The summed E-state index contributed by atoms with van der Waals surface area (Å²) in [5.74, 6) is 0.417. The van der Waals surface area contributed by atoms with E-state index in [0.29, 0.717) is 24.6 Å². The minimum absolute atomic E-state index is 0.321. The number of halogens is 1. The SMILES string of the molecule is Cc1cc2oc(=O)cc(CNCc3ccccc3Cl)c2cc1C(C)C. The van der Waals surface area contributed by atoms with Crippen molar-refractivity contribution < 1.29 is 4.42 Å². The van der Waals surface area contributed by atoms with Crippen LogP contribution in [0.5, 0.6) is 0 Å². The van der Waals surface area contributed by atoms with E-state index in [1.165, 1.54) is 5.56 Å². The summed E-state index contributed by atoms with van der Waals surface area (Å²) >= 11 is 6.19. The third kappa shape index (κ3) is 3.94. The molecule has 0 aliphatic carbocycles. The smallest absolute Gasteiger partial charge is 0.336 e. The van der Waals surface area contributed by atoms with Gasteiger partial charge in [0.15, 0.2) is 0 Å². The van der Waals surface area contributed by atoms with Crippen LogP contribution in [-0.2, 0) is 13.1 Å². The molecule has 3 nitrogen and oxygen atoms in total. The third-order valence-electron chi connectivity index (χ3n) is 4.43. The molecule has 0 atom stereocenters. The molecule has 0 unspecified atom stereocenters. The number of hydrogen-bond donors (Lipinski definition) is 1. The van der Waals surface area contributed by atoms with Crippen molar-refractivity contribution in [3.8, 4) is 0 Å². The Morgan fingerprint density at radius 2 is 1.80 bits per heavy atom. The van der Waals surface area contributed by atoms with Gasteiger partial charge in [-0.05, 0) is 53.3 Å². The molecule has 3 rings (SSSR count). The van der Waals surface area contributed by atoms with Crippen molar-refractivity contribution >= 4 is 22.6 Å². The Labute approximate surface area is 152 Å². The minimum atomic E-state index is -0.321. The molecular formula is C21H22ClNO2.